The highest BCUT2D eigenvalue weighted by atomic mass is 32.2. The van der Waals surface area contributed by atoms with Crippen LogP contribution in [0.15, 0.2) is 30.3 Å². The molecule has 2 rings (SSSR count). The molecule has 0 spiro atoms. The summed E-state index contributed by atoms with van der Waals surface area (Å²) < 4.78 is 0.676. The van der Waals surface area contributed by atoms with Crippen molar-refractivity contribution in [2.45, 2.75) is 11.5 Å². The van der Waals surface area contributed by atoms with Crippen LogP contribution in [0.25, 0.3) is 6.08 Å². The average Bonchev–Trinajstić information content (AvgIpc) is 2.72. The van der Waals surface area contributed by atoms with Crippen LogP contribution in [0.5, 0.6) is 0 Å². The molecule has 1 aliphatic rings. The Hall–Kier alpha value is -0.340. The van der Waals surface area contributed by atoms with Crippen LogP contribution in [0.2, 0.25) is 0 Å². The second-order valence-electron chi connectivity index (χ2n) is 3.24. The van der Waals surface area contributed by atoms with E-state index < -0.39 is 0 Å². The fourth-order valence-corrected chi connectivity index (χ4v) is 4.37. The number of allylic oxidation sites excluding steroid dienone is 1. The summed E-state index contributed by atoms with van der Waals surface area (Å²) >= 11 is 4.12. The van der Waals surface area contributed by atoms with Crippen molar-refractivity contribution in [1.29, 1.82) is 0 Å². The molecule has 0 radical (unpaired) electrons. The molecule has 1 aliphatic heterocycles. The first-order chi connectivity index (χ1) is 6.90. The molecule has 0 nitrogen and oxygen atoms in total. The van der Waals surface area contributed by atoms with Crippen LogP contribution in [0, 0.1) is 0 Å². The van der Waals surface area contributed by atoms with Gasteiger partial charge in [-0.2, -0.15) is 0 Å². The minimum atomic E-state index is 0.676. The number of rotatable bonds is 2. The van der Waals surface area contributed by atoms with Gasteiger partial charge in [-0.15, -0.1) is 23.5 Å². The summed E-state index contributed by atoms with van der Waals surface area (Å²) in [7, 11) is 0. The van der Waals surface area contributed by atoms with E-state index in [-0.39, 0.29) is 0 Å². The zero-order valence-electron chi connectivity index (χ0n) is 8.27. The molecule has 0 N–H and O–H groups in total. The van der Waals surface area contributed by atoms with Crippen LogP contribution < -0.4 is 0 Å². The van der Waals surface area contributed by atoms with Gasteiger partial charge in [0.1, 0.15) is 0 Å². The second kappa shape index (κ2) is 4.94. The molecule has 1 saturated heterocycles. The molecule has 2 heteroatoms. The summed E-state index contributed by atoms with van der Waals surface area (Å²) in [6.07, 6.45) is 4.22. The summed E-state index contributed by atoms with van der Waals surface area (Å²) in [4.78, 5) is 0. The van der Waals surface area contributed by atoms with Crippen molar-refractivity contribution < 1.29 is 0 Å². The minimum Gasteiger partial charge on any atom is -0.142 e. The topological polar surface area (TPSA) is 0 Å². The lowest BCUT2D eigenvalue weighted by Crippen LogP contribution is -1.84. The van der Waals surface area contributed by atoms with E-state index in [0.717, 1.165) is 0 Å². The zero-order chi connectivity index (χ0) is 9.80. The van der Waals surface area contributed by atoms with Crippen molar-refractivity contribution in [2.75, 3.05) is 11.5 Å². The molecule has 0 aliphatic carbocycles. The van der Waals surface area contributed by atoms with Crippen LogP contribution >= 0.6 is 23.5 Å². The van der Waals surface area contributed by atoms with Gasteiger partial charge in [0, 0.05) is 11.5 Å². The average molecular weight is 222 g/mol. The Labute approximate surface area is 94.2 Å². The van der Waals surface area contributed by atoms with Crippen LogP contribution in [0.1, 0.15) is 22.6 Å². The Balaban J connectivity index is 2.12. The van der Waals surface area contributed by atoms with Gasteiger partial charge >= 0.3 is 0 Å². The van der Waals surface area contributed by atoms with E-state index in [1.54, 1.807) is 0 Å². The molecule has 1 aromatic rings. The maximum Gasteiger partial charge on any atom is 0.0751 e. The van der Waals surface area contributed by atoms with Gasteiger partial charge in [0.2, 0.25) is 0 Å². The van der Waals surface area contributed by atoms with Gasteiger partial charge in [-0.25, -0.2) is 0 Å². The summed E-state index contributed by atoms with van der Waals surface area (Å²) in [6.45, 7) is 2.05. The molecule has 0 atom stereocenters. The Kier molecular flexibility index (Phi) is 3.60. The Morgan fingerprint density at radius 3 is 2.36 bits per heavy atom. The molecule has 1 heterocycles. The smallest absolute Gasteiger partial charge is 0.0751 e. The second-order valence-corrected chi connectivity index (χ2v) is 5.96. The van der Waals surface area contributed by atoms with Crippen LogP contribution in [0.3, 0.4) is 0 Å². The molecule has 0 saturated carbocycles. The Morgan fingerprint density at radius 2 is 1.79 bits per heavy atom. The van der Waals surface area contributed by atoms with E-state index in [4.69, 9.17) is 0 Å². The first-order valence-corrected chi connectivity index (χ1v) is 6.96. The van der Waals surface area contributed by atoms with Crippen molar-refractivity contribution in [2.24, 2.45) is 0 Å². The third-order valence-electron chi connectivity index (χ3n) is 2.19. The van der Waals surface area contributed by atoms with Crippen molar-refractivity contribution >= 4 is 29.6 Å². The summed E-state index contributed by atoms with van der Waals surface area (Å²) in [5, 5.41) is 0. The van der Waals surface area contributed by atoms with Gasteiger partial charge in [0.05, 0.1) is 4.58 Å². The molecule has 1 aromatic carbocycles. The van der Waals surface area contributed by atoms with Gasteiger partial charge in [0.15, 0.2) is 0 Å². The lowest BCUT2D eigenvalue weighted by molar-refractivity contribution is 1.39. The number of hydrogen-bond donors (Lipinski definition) is 0. The third kappa shape index (κ3) is 2.37. The first-order valence-electron chi connectivity index (χ1n) is 4.86. The predicted octanol–water partition coefficient (Wildman–Crippen LogP) is 4.20. The van der Waals surface area contributed by atoms with Crippen molar-refractivity contribution in [3.8, 4) is 0 Å². The van der Waals surface area contributed by atoms with E-state index in [2.05, 4.69) is 66.9 Å². The molecular weight excluding hydrogens is 208 g/mol. The van der Waals surface area contributed by atoms with E-state index in [1.165, 1.54) is 22.6 Å². The lowest BCUT2D eigenvalue weighted by atomic mass is 10.1. The highest BCUT2D eigenvalue weighted by Crippen LogP contribution is 2.45. The third-order valence-corrected chi connectivity index (χ3v) is 5.29. The van der Waals surface area contributed by atoms with Gasteiger partial charge in [-0.3, -0.25) is 0 Å². The van der Waals surface area contributed by atoms with E-state index in [9.17, 15) is 0 Å². The largest absolute Gasteiger partial charge is 0.142 e. The SMILES string of the molecule is CC=Cc1ccc(C2SCCS2)cc1. The maximum absolute atomic E-state index is 2.26. The predicted molar refractivity (Wildman–Crippen MR) is 68.8 cm³/mol. The van der Waals surface area contributed by atoms with Crippen molar-refractivity contribution in [1.82, 2.24) is 0 Å². The van der Waals surface area contributed by atoms with Crippen LogP contribution in [0.4, 0.5) is 0 Å². The number of thioether (sulfide) groups is 2. The van der Waals surface area contributed by atoms with Gasteiger partial charge in [-0.05, 0) is 18.1 Å². The first kappa shape index (κ1) is 10.2. The molecule has 0 bridgehead atoms. The fraction of sp³-hybridized carbons (Fsp3) is 0.333. The molecule has 0 aromatic heterocycles. The van der Waals surface area contributed by atoms with Crippen LogP contribution in [-0.2, 0) is 0 Å². The standard InChI is InChI=1S/C12H14S2/c1-2-3-10-4-6-11(7-5-10)12-13-8-9-14-12/h2-7,12H,8-9H2,1H3. The molecule has 0 amide bonds. The zero-order valence-corrected chi connectivity index (χ0v) is 9.91. The van der Waals surface area contributed by atoms with Crippen molar-refractivity contribution in [3.63, 3.8) is 0 Å². The molecule has 0 unspecified atom stereocenters. The normalized spacial score (nSPS) is 18.1. The summed E-state index contributed by atoms with van der Waals surface area (Å²) in [6, 6.07) is 8.92. The maximum atomic E-state index is 2.26. The highest BCUT2D eigenvalue weighted by Gasteiger charge is 2.17. The Morgan fingerprint density at radius 1 is 1.14 bits per heavy atom. The minimum absolute atomic E-state index is 0.676. The quantitative estimate of drug-likeness (QED) is 0.735. The lowest BCUT2D eigenvalue weighted by Gasteiger charge is -2.07. The van der Waals surface area contributed by atoms with E-state index in [0.29, 0.717) is 4.58 Å². The van der Waals surface area contributed by atoms with Gasteiger partial charge in [0.25, 0.3) is 0 Å². The van der Waals surface area contributed by atoms with Crippen LogP contribution in [-0.4, -0.2) is 11.5 Å². The van der Waals surface area contributed by atoms with Gasteiger partial charge in [-0.1, -0.05) is 36.4 Å². The van der Waals surface area contributed by atoms with Crippen molar-refractivity contribution in [3.05, 3.63) is 41.5 Å². The monoisotopic (exact) mass is 222 g/mol. The number of benzene rings is 1. The summed E-state index contributed by atoms with van der Waals surface area (Å²) in [5.74, 6) is 2.60. The Bertz CT molecular complexity index is 308. The molecule has 14 heavy (non-hydrogen) atoms. The van der Waals surface area contributed by atoms with Gasteiger partial charge < -0.3 is 0 Å². The highest BCUT2D eigenvalue weighted by molar-refractivity contribution is 8.19. The summed E-state index contributed by atoms with van der Waals surface area (Å²) in [5.41, 5.74) is 2.76. The fourth-order valence-electron chi connectivity index (χ4n) is 1.51. The van der Waals surface area contributed by atoms with E-state index >= 15 is 0 Å². The number of hydrogen-bond acceptors (Lipinski definition) is 2. The molecule has 74 valence electrons. The van der Waals surface area contributed by atoms with E-state index in [1.807, 2.05) is 0 Å². The molecule has 1 fully saturated rings. The molecular formula is C12H14S2.